The van der Waals surface area contributed by atoms with Crippen molar-refractivity contribution in [3.63, 3.8) is 0 Å². The van der Waals surface area contributed by atoms with Crippen molar-refractivity contribution in [3.05, 3.63) is 83.6 Å². The van der Waals surface area contributed by atoms with E-state index in [0.717, 1.165) is 30.2 Å². The van der Waals surface area contributed by atoms with Crippen LogP contribution >= 0.6 is 0 Å². The normalized spacial score (nSPS) is 16.6. The van der Waals surface area contributed by atoms with Crippen LogP contribution < -0.4 is 20.7 Å². The first-order valence-corrected chi connectivity index (χ1v) is 11.2. The molecule has 3 aromatic rings. The van der Waals surface area contributed by atoms with Crippen LogP contribution in [-0.4, -0.2) is 42.3 Å². The van der Waals surface area contributed by atoms with Crippen LogP contribution in [0.15, 0.2) is 66.9 Å². The lowest BCUT2D eigenvalue weighted by molar-refractivity contribution is -0.136. The van der Waals surface area contributed by atoms with Gasteiger partial charge in [0.1, 0.15) is 11.6 Å². The fraction of sp³-hybridized carbons (Fsp3) is 0.308. The molecule has 172 valence electrons. The molecule has 33 heavy (non-hydrogen) atoms. The summed E-state index contributed by atoms with van der Waals surface area (Å²) in [5.74, 6) is 0.770. The summed E-state index contributed by atoms with van der Waals surface area (Å²) in [5, 5.41) is 20.1. The standard InChI is InChI=1S/C26H30N4O3/c1-17(19-10-11-23(33-2)20(13-19)14-24(31)32)15-29-25(18-7-4-3-5-8-18)22-16-28-21-9-6-12-27-26(21)30-22/h3-13,17,22,25,28-29H,14-16H2,1-2H3,(H,27,30)(H,31,32)/t17-,22+,25+/m0/s1. The third-order valence-electron chi connectivity index (χ3n) is 6.06. The van der Waals surface area contributed by atoms with Crippen LogP contribution in [0.2, 0.25) is 0 Å². The number of carbonyl (C=O) groups is 1. The Labute approximate surface area is 194 Å². The van der Waals surface area contributed by atoms with Gasteiger partial charge in [-0.1, -0.05) is 49.4 Å². The largest absolute Gasteiger partial charge is 0.496 e. The molecule has 0 radical (unpaired) electrons. The highest BCUT2D eigenvalue weighted by molar-refractivity contribution is 5.71. The van der Waals surface area contributed by atoms with Crippen LogP contribution in [-0.2, 0) is 11.2 Å². The predicted octanol–water partition coefficient (Wildman–Crippen LogP) is 4.06. The van der Waals surface area contributed by atoms with E-state index < -0.39 is 5.97 Å². The van der Waals surface area contributed by atoms with Gasteiger partial charge in [0.05, 0.1) is 31.3 Å². The number of carboxylic acids is 1. The lowest BCUT2D eigenvalue weighted by atomic mass is 9.94. The highest BCUT2D eigenvalue weighted by Crippen LogP contribution is 2.29. The quantitative estimate of drug-likeness (QED) is 0.394. The van der Waals surface area contributed by atoms with E-state index in [2.05, 4.69) is 52.1 Å². The number of methoxy groups -OCH3 is 1. The number of anilines is 2. The van der Waals surface area contributed by atoms with E-state index >= 15 is 0 Å². The maximum Gasteiger partial charge on any atom is 0.307 e. The molecule has 7 heteroatoms. The van der Waals surface area contributed by atoms with E-state index in [0.29, 0.717) is 11.3 Å². The van der Waals surface area contributed by atoms with Crippen LogP contribution in [0.5, 0.6) is 5.75 Å². The summed E-state index contributed by atoms with van der Waals surface area (Å²) >= 11 is 0. The number of pyridine rings is 1. The Morgan fingerprint density at radius 3 is 2.76 bits per heavy atom. The summed E-state index contributed by atoms with van der Waals surface area (Å²) in [4.78, 5) is 15.7. The van der Waals surface area contributed by atoms with Crippen molar-refractivity contribution in [2.24, 2.45) is 0 Å². The molecular weight excluding hydrogens is 416 g/mol. The zero-order valence-electron chi connectivity index (χ0n) is 18.9. The average molecular weight is 447 g/mol. The van der Waals surface area contributed by atoms with Crippen molar-refractivity contribution in [1.29, 1.82) is 0 Å². The van der Waals surface area contributed by atoms with Gasteiger partial charge in [0, 0.05) is 24.8 Å². The number of benzene rings is 2. The van der Waals surface area contributed by atoms with E-state index in [9.17, 15) is 9.90 Å². The Kier molecular flexibility index (Phi) is 7.10. The number of aliphatic carboxylic acids is 1. The monoisotopic (exact) mass is 446 g/mol. The fourth-order valence-corrected chi connectivity index (χ4v) is 4.29. The Balaban J connectivity index is 1.51. The topological polar surface area (TPSA) is 95.5 Å². The molecule has 7 nitrogen and oxygen atoms in total. The van der Waals surface area contributed by atoms with Crippen LogP contribution in [0.3, 0.4) is 0 Å². The number of hydrogen-bond acceptors (Lipinski definition) is 6. The second-order valence-corrected chi connectivity index (χ2v) is 8.37. The molecule has 0 bridgehead atoms. The van der Waals surface area contributed by atoms with Gasteiger partial charge in [0.15, 0.2) is 0 Å². The molecule has 1 aliphatic rings. The molecule has 2 heterocycles. The van der Waals surface area contributed by atoms with Gasteiger partial charge >= 0.3 is 5.97 Å². The summed E-state index contributed by atoms with van der Waals surface area (Å²) in [6.07, 6.45) is 1.73. The Morgan fingerprint density at radius 1 is 1.18 bits per heavy atom. The van der Waals surface area contributed by atoms with Gasteiger partial charge in [-0.05, 0) is 35.2 Å². The first-order valence-electron chi connectivity index (χ1n) is 11.2. The zero-order valence-corrected chi connectivity index (χ0v) is 18.9. The first-order chi connectivity index (χ1) is 16.0. The third kappa shape index (κ3) is 5.43. The molecule has 3 atom stereocenters. The maximum absolute atomic E-state index is 11.3. The van der Waals surface area contributed by atoms with Gasteiger partial charge in [0.2, 0.25) is 0 Å². The molecule has 4 rings (SSSR count). The van der Waals surface area contributed by atoms with Crippen LogP contribution in [0, 0.1) is 0 Å². The van der Waals surface area contributed by atoms with Gasteiger partial charge in [-0.25, -0.2) is 4.98 Å². The summed E-state index contributed by atoms with van der Waals surface area (Å²) in [6, 6.07) is 20.3. The Hall–Kier alpha value is -3.58. The Morgan fingerprint density at radius 2 is 2.00 bits per heavy atom. The van der Waals surface area contributed by atoms with E-state index in [4.69, 9.17) is 4.74 Å². The summed E-state index contributed by atoms with van der Waals surface area (Å²) < 4.78 is 5.34. The smallest absolute Gasteiger partial charge is 0.307 e. The third-order valence-corrected chi connectivity index (χ3v) is 6.06. The van der Waals surface area contributed by atoms with Crippen molar-refractivity contribution < 1.29 is 14.6 Å². The molecule has 0 saturated carbocycles. The number of rotatable bonds is 9. The molecule has 4 N–H and O–H groups in total. The number of fused-ring (bicyclic) bond motifs is 1. The molecule has 0 amide bonds. The van der Waals surface area contributed by atoms with Gasteiger partial charge in [0.25, 0.3) is 0 Å². The highest BCUT2D eigenvalue weighted by atomic mass is 16.5. The Bertz CT molecular complexity index is 1090. The van der Waals surface area contributed by atoms with E-state index in [1.807, 2.05) is 36.4 Å². The van der Waals surface area contributed by atoms with E-state index in [-0.39, 0.29) is 24.4 Å². The molecule has 0 fully saturated rings. The van der Waals surface area contributed by atoms with E-state index in [1.165, 1.54) is 5.56 Å². The summed E-state index contributed by atoms with van der Waals surface area (Å²) in [5.41, 5.74) is 3.98. The number of ether oxygens (including phenoxy) is 1. The molecule has 0 spiro atoms. The zero-order chi connectivity index (χ0) is 23.2. The minimum Gasteiger partial charge on any atom is -0.496 e. The molecule has 0 aliphatic carbocycles. The summed E-state index contributed by atoms with van der Waals surface area (Å²) in [7, 11) is 1.56. The number of carboxylic acid groups (broad SMARTS) is 1. The minimum atomic E-state index is -0.870. The predicted molar refractivity (Wildman–Crippen MR) is 130 cm³/mol. The maximum atomic E-state index is 11.3. The molecule has 0 saturated heterocycles. The van der Waals surface area contributed by atoms with Crippen molar-refractivity contribution in [3.8, 4) is 5.75 Å². The van der Waals surface area contributed by atoms with Gasteiger partial charge < -0.3 is 25.8 Å². The van der Waals surface area contributed by atoms with Crippen LogP contribution in [0.25, 0.3) is 0 Å². The van der Waals surface area contributed by atoms with Gasteiger partial charge in [-0.2, -0.15) is 0 Å². The van der Waals surface area contributed by atoms with E-state index in [1.54, 1.807) is 13.3 Å². The highest BCUT2D eigenvalue weighted by Gasteiger charge is 2.27. The van der Waals surface area contributed by atoms with Crippen molar-refractivity contribution in [2.75, 3.05) is 30.8 Å². The van der Waals surface area contributed by atoms with Crippen LogP contribution in [0.1, 0.15) is 35.6 Å². The van der Waals surface area contributed by atoms with Crippen LogP contribution in [0.4, 0.5) is 11.5 Å². The molecule has 1 aliphatic heterocycles. The SMILES string of the molecule is COc1ccc([C@@H](C)CN[C@H](c2ccccc2)[C@H]2CNc3cccnc3N2)cc1CC(=O)O. The number of nitrogens with zero attached hydrogens (tertiary/aromatic N) is 1. The summed E-state index contributed by atoms with van der Waals surface area (Å²) in [6.45, 7) is 3.64. The lowest BCUT2D eigenvalue weighted by Gasteiger charge is -2.35. The number of hydrogen-bond donors (Lipinski definition) is 4. The molecule has 1 aromatic heterocycles. The van der Waals surface area contributed by atoms with Crippen molar-refractivity contribution in [1.82, 2.24) is 10.3 Å². The van der Waals surface area contributed by atoms with Crippen molar-refractivity contribution in [2.45, 2.75) is 31.3 Å². The van der Waals surface area contributed by atoms with Crippen molar-refractivity contribution >= 4 is 17.5 Å². The second-order valence-electron chi connectivity index (χ2n) is 8.37. The van der Waals surface area contributed by atoms with Gasteiger partial charge in [-0.15, -0.1) is 0 Å². The molecule has 0 unspecified atom stereocenters. The molecule has 2 aromatic carbocycles. The average Bonchev–Trinajstić information content (AvgIpc) is 2.84. The first kappa shape index (κ1) is 22.6. The number of nitrogens with one attached hydrogen (secondary N) is 3. The number of aromatic nitrogens is 1. The minimum absolute atomic E-state index is 0.0616. The lowest BCUT2D eigenvalue weighted by Crippen LogP contribution is -2.45. The fourth-order valence-electron chi connectivity index (χ4n) is 4.29. The van der Waals surface area contributed by atoms with Gasteiger partial charge in [-0.3, -0.25) is 4.79 Å². The second kappa shape index (κ2) is 10.4. The molecular formula is C26H30N4O3.